The van der Waals surface area contributed by atoms with Gasteiger partial charge in [-0.1, -0.05) is 12.1 Å². The van der Waals surface area contributed by atoms with E-state index in [4.69, 9.17) is 9.84 Å². The number of urea groups is 1. The number of hydrogen-bond acceptors (Lipinski definition) is 3. The van der Waals surface area contributed by atoms with Crippen LogP contribution in [0.4, 0.5) is 10.5 Å². The number of carbonyl (C=O) groups excluding carboxylic acids is 1. The number of carboxylic acids is 1. The van der Waals surface area contributed by atoms with Crippen molar-refractivity contribution in [2.24, 2.45) is 0 Å². The van der Waals surface area contributed by atoms with Crippen molar-refractivity contribution in [3.05, 3.63) is 29.8 Å². The smallest absolute Gasteiger partial charge is 0.321 e. The van der Waals surface area contributed by atoms with Crippen LogP contribution in [0.1, 0.15) is 18.4 Å². The Labute approximate surface area is 123 Å². The lowest BCUT2D eigenvalue weighted by Gasteiger charge is -2.20. The summed E-state index contributed by atoms with van der Waals surface area (Å²) >= 11 is 0. The first-order chi connectivity index (χ1) is 10.1. The Morgan fingerprint density at radius 1 is 1.29 bits per heavy atom. The highest BCUT2D eigenvalue weighted by atomic mass is 16.5. The summed E-state index contributed by atoms with van der Waals surface area (Å²) in [5.41, 5.74) is 1.59. The fraction of sp³-hybridized carbons (Fsp3) is 0.467. The van der Waals surface area contributed by atoms with Crippen molar-refractivity contribution in [3.8, 4) is 0 Å². The molecular formula is C15H20N2O4. The van der Waals surface area contributed by atoms with Gasteiger partial charge in [-0.05, 0) is 30.5 Å². The molecule has 0 aromatic heterocycles. The molecule has 2 N–H and O–H groups in total. The first-order valence-electron chi connectivity index (χ1n) is 7.09. The van der Waals surface area contributed by atoms with E-state index in [0.29, 0.717) is 38.4 Å². The summed E-state index contributed by atoms with van der Waals surface area (Å²) in [5, 5.41) is 11.5. The van der Waals surface area contributed by atoms with Crippen LogP contribution in [0.3, 0.4) is 0 Å². The van der Waals surface area contributed by atoms with Crippen LogP contribution in [0.2, 0.25) is 0 Å². The quantitative estimate of drug-likeness (QED) is 0.889. The fourth-order valence-electron chi connectivity index (χ4n) is 2.21. The maximum atomic E-state index is 12.2. The number of carbonyl (C=O) groups is 2. The van der Waals surface area contributed by atoms with Gasteiger partial charge >= 0.3 is 12.0 Å². The van der Waals surface area contributed by atoms with Crippen LogP contribution in [0.5, 0.6) is 0 Å². The molecule has 21 heavy (non-hydrogen) atoms. The van der Waals surface area contributed by atoms with Crippen molar-refractivity contribution in [1.82, 2.24) is 4.90 Å². The molecule has 0 bridgehead atoms. The Kier molecular flexibility index (Phi) is 5.57. The lowest BCUT2D eigenvalue weighted by Crippen LogP contribution is -2.36. The average molecular weight is 292 g/mol. The van der Waals surface area contributed by atoms with E-state index in [9.17, 15) is 9.59 Å². The number of benzene rings is 1. The molecule has 0 unspecified atom stereocenters. The van der Waals surface area contributed by atoms with Crippen LogP contribution < -0.4 is 5.32 Å². The summed E-state index contributed by atoms with van der Waals surface area (Å²) in [6, 6.07) is 7.15. The molecule has 1 aliphatic heterocycles. The van der Waals surface area contributed by atoms with Crippen LogP contribution in [-0.2, 0) is 16.0 Å². The van der Waals surface area contributed by atoms with Crippen molar-refractivity contribution < 1.29 is 19.4 Å². The second-order valence-electron chi connectivity index (χ2n) is 4.98. The average Bonchev–Trinajstić information content (AvgIpc) is 2.74. The maximum absolute atomic E-state index is 12.2. The second-order valence-corrected chi connectivity index (χ2v) is 4.98. The zero-order chi connectivity index (χ0) is 15.1. The normalized spacial score (nSPS) is 15.3. The lowest BCUT2D eigenvalue weighted by atomic mass is 10.1. The van der Waals surface area contributed by atoms with Gasteiger partial charge in [-0.2, -0.15) is 0 Å². The molecule has 6 heteroatoms. The predicted octanol–water partition coefficient (Wildman–Crippen LogP) is 1.96. The number of nitrogens with one attached hydrogen (secondary N) is 1. The van der Waals surface area contributed by atoms with Gasteiger partial charge in [0.05, 0.1) is 6.61 Å². The molecule has 0 atom stereocenters. The zero-order valence-corrected chi connectivity index (χ0v) is 11.9. The molecule has 1 saturated heterocycles. The van der Waals surface area contributed by atoms with E-state index in [1.165, 1.54) is 0 Å². The molecule has 1 aliphatic rings. The van der Waals surface area contributed by atoms with Crippen LogP contribution >= 0.6 is 0 Å². The van der Waals surface area contributed by atoms with Gasteiger partial charge in [0.15, 0.2) is 0 Å². The highest BCUT2D eigenvalue weighted by Gasteiger charge is 2.15. The first kappa shape index (κ1) is 15.3. The Morgan fingerprint density at radius 3 is 2.95 bits per heavy atom. The van der Waals surface area contributed by atoms with Crippen molar-refractivity contribution in [3.63, 3.8) is 0 Å². The number of nitrogens with zero attached hydrogens (tertiary/aromatic N) is 1. The SMILES string of the molecule is O=C(O)CCc1cccc(NC(=O)N2CCCOCC2)c1. The van der Waals surface area contributed by atoms with Crippen LogP contribution in [-0.4, -0.2) is 48.3 Å². The number of ether oxygens (including phenoxy) is 1. The van der Waals surface area contributed by atoms with Gasteiger partial charge < -0.3 is 20.1 Å². The van der Waals surface area contributed by atoms with Crippen molar-refractivity contribution >= 4 is 17.7 Å². The maximum Gasteiger partial charge on any atom is 0.321 e. The van der Waals surface area contributed by atoms with Crippen molar-refractivity contribution in [2.45, 2.75) is 19.3 Å². The fourth-order valence-corrected chi connectivity index (χ4v) is 2.21. The predicted molar refractivity (Wildman–Crippen MR) is 78.4 cm³/mol. The summed E-state index contributed by atoms with van der Waals surface area (Å²) in [6.45, 7) is 2.52. The number of carboxylic acid groups (broad SMARTS) is 1. The second kappa shape index (κ2) is 7.64. The Balaban J connectivity index is 1.93. The van der Waals surface area contributed by atoms with Crippen LogP contribution in [0.25, 0.3) is 0 Å². The van der Waals surface area contributed by atoms with Crippen molar-refractivity contribution in [2.75, 3.05) is 31.6 Å². The minimum atomic E-state index is -0.825. The highest BCUT2D eigenvalue weighted by molar-refractivity contribution is 5.89. The number of aliphatic carboxylic acids is 1. The van der Waals surface area contributed by atoms with Gasteiger partial charge in [-0.25, -0.2) is 4.79 Å². The molecule has 6 nitrogen and oxygen atoms in total. The van der Waals surface area contributed by atoms with E-state index in [2.05, 4.69) is 5.32 Å². The first-order valence-corrected chi connectivity index (χ1v) is 7.09. The Bertz CT molecular complexity index is 496. The molecule has 0 saturated carbocycles. The van der Waals surface area contributed by atoms with Crippen molar-refractivity contribution in [1.29, 1.82) is 0 Å². The molecule has 0 aliphatic carbocycles. The van der Waals surface area contributed by atoms with E-state index in [-0.39, 0.29) is 12.5 Å². The number of amides is 2. The zero-order valence-electron chi connectivity index (χ0n) is 11.9. The monoisotopic (exact) mass is 292 g/mol. The Morgan fingerprint density at radius 2 is 2.14 bits per heavy atom. The molecule has 2 rings (SSSR count). The molecule has 114 valence electrons. The van der Waals surface area contributed by atoms with E-state index >= 15 is 0 Å². The molecular weight excluding hydrogens is 272 g/mol. The third-order valence-electron chi connectivity index (χ3n) is 3.32. The number of aryl methyl sites for hydroxylation is 1. The third kappa shape index (κ3) is 5.07. The van der Waals surface area contributed by atoms with Gasteiger partial charge in [0.1, 0.15) is 0 Å². The highest BCUT2D eigenvalue weighted by Crippen LogP contribution is 2.13. The molecule has 0 radical (unpaired) electrons. The van der Waals surface area contributed by atoms with Crippen LogP contribution in [0.15, 0.2) is 24.3 Å². The van der Waals surface area contributed by atoms with Gasteiger partial charge in [-0.3, -0.25) is 4.79 Å². The molecule has 1 fully saturated rings. The summed E-state index contributed by atoms with van der Waals surface area (Å²) in [4.78, 5) is 24.5. The van der Waals surface area contributed by atoms with Crippen LogP contribution in [0, 0.1) is 0 Å². The largest absolute Gasteiger partial charge is 0.481 e. The molecule has 1 heterocycles. The molecule has 2 amide bonds. The van der Waals surface area contributed by atoms with Gasteiger partial charge in [-0.15, -0.1) is 0 Å². The summed E-state index contributed by atoms with van der Waals surface area (Å²) in [7, 11) is 0. The molecule has 1 aromatic rings. The van der Waals surface area contributed by atoms with E-state index in [0.717, 1.165) is 12.0 Å². The lowest BCUT2D eigenvalue weighted by molar-refractivity contribution is -0.136. The minimum absolute atomic E-state index is 0.0842. The van der Waals surface area contributed by atoms with Gasteiger partial charge in [0.25, 0.3) is 0 Å². The summed E-state index contributed by atoms with van der Waals surface area (Å²) < 4.78 is 5.32. The summed E-state index contributed by atoms with van der Waals surface area (Å²) in [5.74, 6) is -0.825. The number of rotatable bonds is 4. The number of hydrogen-bond donors (Lipinski definition) is 2. The van der Waals surface area contributed by atoms with E-state index in [1.54, 1.807) is 11.0 Å². The number of anilines is 1. The third-order valence-corrected chi connectivity index (χ3v) is 3.32. The standard InChI is InChI=1S/C15H20N2O4/c18-14(19)6-5-12-3-1-4-13(11-12)16-15(20)17-7-2-9-21-10-8-17/h1,3-4,11H,2,5-10H2,(H,16,20)(H,18,19). The minimum Gasteiger partial charge on any atom is -0.481 e. The molecule has 0 spiro atoms. The summed E-state index contributed by atoms with van der Waals surface area (Å²) in [6.07, 6.45) is 1.38. The topological polar surface area (TPSA) is 78.9 Å². The van der Waals surface area contributed by atoms with E-state index in [1.807, 2.05) is 18.2 Å². The molecule has 1 aromatic carbocycles. The van der Waals surface area contributed by atoms with E-state index < -0.39 is 5.97 Å². The Hall–Kier alpha value is -2.08. The van der Waals surface area contributed by atoms with Gasteiger partial charge in [0, 0.05) is 31.8 Å². The van der Waals surface area contributed by atoms with Gasteiger partial charge in [0.2, 0.25) is 0 Å².